The van der Waals surface area contributed by atoms with Crippen LogP contribution in [0.15, 0.2) is 54.6 Å². The van der Waals surface area contributed by atoms with E-state index in [1.807, 2.05) is 6.08 Å². The fraction of sp³-hybridized carbons (Fsp3) is 0.290. The van der Waals surface area contributed by atoms with Crippen LogP contribution in [0, 0.1) is 18.2 Å². The molecule has 2 aromatic heterocycles. The summed E-state index contributed by atoms with van der Waals surface area (Å²) >= 11 is 0. The minimum atomic E-state index is -0.981. The van der Waals surface area contributed by atoms with E-state index < -0.39 is 17.6 Å². The largest absolute Gasteiger partial charge is 0.478 e. The lowest BCUT2D eigenvalue weighted by molar-refractivity contribution is -0.0591. The van der Waals surface area contributed by atoms with Crippen LogP contribution in [0.2, 0.25) is 0 Å². The summed E-state index contributed by atoms with van der Waals surface area (Å²) in [6, 6.07) is 11.9. The van der Waals surface area contributed by atoms with E-state index in [1.165, 1.54) is 18.2 Å². The van der Waals surface area contributed by atoms with Gasteiger partial charge in [0, 0.05) is 25.3 Å². The highest BCUT2D eigenvalue weighted by atomic mass is 19.1. The van der Waals surface area contributed by atoms with Gasteiger partial charge in [-0.15, -0.1) is 0 Å². The number of aromatic carboxylic acids is 1. The van der Waals surface area contributed by atoms with Crippen LogP contribution in [0.25, 0.3) is 21.5 Å². The van der Waals surface area contributed by atoms with Crippen molar-refractivity contribution < 1.29 is 28.2 Å². The Balaban J connectivity index is 1.16. The van der Waals surface area contributed by atoms with Gasteiger partial charge in [-0.05, 0) is 54.8 Å². The SMILES string of the molecule is [C-]#[N+]c1ccc(COc2nc(C3=CCN(Cc4nc5ccc(C(=O)O)cc5n4C[C@@H]4CCO4)CC3)ccc2F)c(F)c1. The molecule has 4 heterocycles. The van der Waals surface area contributed by atoms with E-state index in [-0.39, 0.29) is 35.4 Å². The first-order chi connectivity index (χ1) is 20.4. The van der Waals surface area contributed by atoms with Crippen molar-refractivity contribution in [2.24, 2.45) is 0 Å². The molecule has 0 unspecified atom stereocenters. The molecule has 1 N–H and O–H groups in total. The third-order valence-electron chi connectivity index (χ3n) is 7.59. The highest BCUT2D eigenvalue weighted by Gasteiger charge is 2.24. The molecule has 214 valence electrons. The van der Waals surface area contributed by atoms with Crippen LogP contribution in [0.4, 0.5) is 14.5 Å². The molecule has 0 spiro atoms. The molecule has 11 heteroatoms. The Labute approximate surface area is 240 Å². The minimum Gasteiger partial charge on any atom is -0.478 e. The van der Waals surface area contributed by atoms with Gasteiger partial charge in [0.15, 0.2) is 11.5 Å². The van der Waals surface area contributed by atoms with Crippen LogP contribution < -0.4 is 4.74 Å². The Morgan fingerprint density at radius 3 is 2.69 bits per heavy atom. The molecule has 42 heavy (non-hydrogen) atoms. The van der Waals surface area contributed by atoms with E-state index >= 15 is 0 Å². The summed E-state index contributed by atoms with van der Waals surface area (Å²) < 4.78 is 42.0. The summed E-state index contributed by atoms with van der Waals surface area (Å²) in [6.45, 7) is 10.00. The topological polar surface area (TPSA) is 94.1 Å². The second-order valence-corrected chi connectivity index (χ2v) is 10.3. The molecule has 2 aliphatic rings. The molecule has 6 rings (SSSR count). The molecule has 0 radical (unpaired) electrons. The van der Waals surface area contributed by atoms with Gasteiger partial charge in [0.25, 0.3) is 5.88 Å². The van der Waals surface area contributed by atoms with E-state index in [1.54, 1.807) is 24.3 Å². The second-order valence-electron chi connectivity index (χ2n) is 10.3. The average Bonchev–Trinajstić information content (AvgIpc) is 3.31. The Morgan fingerprint density at radius 2 is 2.00 bits per heavy atom. The fourth-order valence-electron chi connectivity index (χ4n) is 5.12. The number of carboxylic acids is 1. The number of carboxylic acid groups (broad SMARTS) is 1. The van der Waals surface area contributed by atoms with Gasteiger partial charge in [-0.1, -0.05) is 18.2 Å². The van der Waals surface area contributed by atoms with Crippen LogP contribution in [-0.2, 0) is 24.4 Å². The first-order valence-corrected chi connectivity index (χ1v) is 13.6. The van der Waals surface area contributed by atoms with Gasteiger partial charge in [0.1, 0.15) is 18.2 Å². The van der Waals surface area contributed by atoms with Gasteiger partial charge in [-0.3, -0.25) is 4.90 Å². The Hall–Kier alpha value is -4.66. The number of carbonyl (C=O) groups is 1. The summed E-state index contributed by atoms with van der Waals surface area (Å²) in [7, 11) is 0. The molecule has 4 aromatic rings. The zero-order valence-corrected chi connectivity index (χ0v) is 22.6. The summed E-state index contributed by atoms with van der Waals surface area (Å²) in [5.74, 6) is -1.59. The van der Waals surface area contributed by atoms with Crippen LogP contribution in [0.5, 0.6) is 5.88 Å². The van der Waals surface area contributed by atoms with Gasteiger partial charge >= 0.3 is 5.97 Å². The zero-order chi connectivity index (χ0) is 29.2. The van der Waals surface area contributed by atoms with Crippen molar-refractivity contribution in [3.8, 4) is 5.88 Å². The van der Waals surface area contributed by atoms with Crippen molar-refractivity contribution in [1.29, 1.82) is 0 Å². The van der Waals surface area contributed by atoms with Gasteiger partial charge < -0.3 is 19.1 Å². The summed E-state index contributed by atoms with van der Waals surface area (Å²) in [4.78, 5) is 26.2. The van der Waals surface area contributed by atoms with Crippen LogP contribution >= 0.6 is 0 Å². The lowest BCUT2D eigenvalue weighted by Crippen LogP contribution is -2.33. The Morgan fingerprint density at radius 1 is 1.14 bits per heavy atom. The molecular weight excluding hydrogens is 544 g/mol. The molecule has 9 nitrogen and oxygen atoms in total. The summed E-state index contributed by atoms with van der Waals surface area (Å²) in [5.41, 5.74) is 3.66. The zero-order valence-electron chi connectivity index (χ0n) is 22.6. The lowest BCUT2D eigenvalue weighted by atomic mass is 10.0. The van der Waals surface area contributed by atoms with E-state index in [9.17, 15) is 18.7 Å². The summed E-state index contributed by atoms with van der Waals surface area (Å²) in [5, 5.41) is 9.48. The van der Waals surface area contributed by atoms with Gasteiger partial charge in [-0.2, -0.15) is 0 Å². The maximum Gasteiger partial charge on any atom is 0.335 e. The molecule has 0 saturated carbocycles. The number of fused-ring (bicyclic) bond motifs is 1. The van der Waals surface area contributed by atoms with E-state index in [0.29, 0.717) is 38.3 Å². The average molecular weight is 572 g/mol. The monoisotopic (exact) mass is 571 g/mol. The minimum absolute atomic E-state index is 0.0815. The molecule has 0 aliphatic carbocycles. The van der Waals surface area contributed by atoms with Gasteiger partial charge in [0.2, 0.25) is 0 Å². The molecule has 1 atom stereocenters. The third kappa shape index (κ3) is 5.72. The summed E-state index contributed by atoms with van der Waals surface area (Å²) in [6.07, 6.45) is 3.74. The standard InChI is InChI=1S/C31H27F2N5O4/c1-34-22-4-2-21(25(33)15-22)18-42-30-24(32)5-7-26(36-30)19-8-11-37(12-9-19)17-29-35-27-6-3-20(31(39)40)14-28(27)38(29)16-23-10-13-41-23/h2-8,14-15,23H,9-13,16-18H2,(H,39,40)/t23-/m0/s1. The molecule has 0 amide bonds. The molecule has 1 fully saturated rings. The first-order valence-electron chi connectivity index (χ1n) is 13.6. The quantitative estimate of drug-likeness (QED) is 0.261. The number of imidazole rings is 1. The van der Waals surface area contributed by atoms with Gasteiger partial charge in [-0.25, -0.2) is 28.4 Å². The number of aromatic nitrogens is 3. The predicted molar refractivity (Wildman–Crippen MR) is 150 cm³/mol. The highest BCUT2D eigenvalue weighted by Crippen LogP contribution is 2.28. The van der Waals surface area contributed by atoms with Crippen molar-refractivity contribution in [3.05, 3.63) is 100 Å². The Kier molecular flexibility index (Phi) is 7.65. The number of halogens is 2. The first kappa shape index (κ1) is 27.5. The second kappa shape index (κ2) is 11.7. The number of hydrogen-bond acceptors (Lipinski definition) is 6. The maximum absolute atomic E-state index is 14.5. The number of benzene rings is 2. The van der Waals surface area contributed by atoms with Crippen molar-refractivity contribution in [2.75, 3.05) is 19.7 Å². The van der Waals surface area contributed by atoms with Crippen molar-refractivity contribution >= 4 is 28.3 Å². The van der Waals surface area contributed by atoms with Crippen LogP contribution in [0.3, 0.4) is 0 Å². The van der Waals surface area contributed by atoms with E-state index in [4.69, 9.17) is 21.0 Å². The number of hydrogen-bond donors (Lipinski definition) is 1. The maximum atomic E-state index is 14.5. The van der Waals surface area contributed by atoms with Crippen molar-refractivity contribution in [2.45, 2.75) is 38.6 Å². The van der Waals surface area contributed by atoms with Crippen molar-refractivity contribution in [1.82, 2.24) is 19.4 Å². The highest BCUT2D eigenvalue weighted by molar-refractivity contribution is 5.92. The predicted octanol–water partition coefficient (Wildman–Crippen LogP) is 5.62. The third-order valence-corrected chi connectivity index (χ3v) is 7.59. The van der Waals surface area contributed by atoms with Crippen LogP contribution in [-0.4, -0.2) is 56.3 Å². The van der Waals surface area contributed by atoms with Gasteiger partial charge in [0.05, 0.1) is 48.1 Å². The van der Waals surface area contributed by atoms with Crippen molar-refractivity contribution in [3.63, 3.8) is 0 Å². The molecule has 2 aliphatic heterocycles. The smallest absolute Gasteiger partial charge is 0.335 e. The molecular formula is C31H27F2N5O4. The Bertz CT molecular complexity index is 1740. The molecule has 2 aromatic carbocycles. The fourth-order valence-corrected chi connectivity index (χ4v) is 5.12. The number of nitrogens with zero attached hydrogens (tertiary/aromatic N) is 5. The molecule has 1 saturated heterocycles. The van der Waals surface area contributed by atoms with E-state index in [2.05, 4.69) is 19.3 Å². The number of rotatable bonds is 9. The van der Waals surface area contributed by atoms with E-state index in [0.717, 1.165) is 41.5 Å². The number of pyridine rings is 1. The normalized spacial score (nSPS) is 17.0. The lowest BCUT2D eigenvalue weighted by Gasteiger charge is -2.29. The molecule has 0 bridgehead atoms. The van der Waals surface area contributed by atoms with Crippen LogP contribution in [0.1, 0.15) is 40.3 Å². The number of ether oxygens (including phenoxy) is 2.